The summed E-state index contributed by atoms with van der Waals surface area (Å²) >= 11 is 0. The van der Waals surface area contributed by atoms with Crippen LogP contribution in [-0.2, 0) is 18.4 Å². The van der Waals surface area contributed by atoms with E-state index in [9.17, 15) is 19.4 Å². The molecule has 548 valence electrons. The highest BCUT2D eigenvalue weighted by Crippen LogP contribution is 2.38. The number of carbonyl (C=O) groups is 1. The van der Waals surface area contributed by atoms with Gasteiger partial charge in [-0.15, -0.1) is 0 Å². The number of unbranched alkanes of at least 4 members (excludes halogenated alkanes) is 56. The number of rotatable bonds is 77. The number of hydrogen-bond acceptors (Lipinski definition) is 6. The van der Waals surface area contributed by atoms with Crippen LogP contribution in [0.2, 0.25) is 0 Å². The van der Waals surface area contributed by atoms with Gasteiger partial charge in [-0.1, -0.05) is 402 Å². The Labute approximate surface area is 581 Å². The summed E-state index contributed by atoms with van der Waals surface area (Å²) in [6, 6.07) is -0.906. The molecule has 93 heavy (non-hydrogen) atoms. The maximum atomic E-state index is 13.1. The SMILES string of the molecule is CCCCCCC/C=C\C/C=C\C/C=C\CCCCCCCCCCCCCCCCCCCCCCCCCCC(=O)NC(COP(=O)([O-])OCC[N+](C)(C)C)C(O)/C=C/CC/C=C/CCCCCCCCCCCCCCCCCCCCCCCCCCCC. The Morgan fingerprint density at radius 1 is 0.376 bits per heavy atom. The average Bonchev–Trinajstić information content (AvgIpc) is 1.94. The van der Waals surface area contributed by atoms with Gasteiger partial charge in [0.1, 0.15) is 13.2 Å². The van der Waals surface area contributed by atoms with Crippen molar-refractivity contribution in [1.29, 1.82) is 0 Å². The number of phosphoric ester groups is 1. The van der Waals surface area contributed by atoms with Crippen LogP contribution in [0.15, 0.2) is 60.8 Å². The highest BCUT2D eigenvalue weighted by molar-refractivity contribution is 7.45. The quantitative estimate of drug-likeness (QED) is 0.0272. The Hall–Kier alpha value is -1.80. The molecule has 0 aliphatic carbocycles. The number of allylic oxidation sites excluding steroid dienone is 9. The van der Waals surface area contributed by atoms with Crippen molar-refractivity contribution in [2.45, 2.75) is 431 Å². The highest BCUT2D eigenvalue weighted by Gasteiger charge is 2.23. The molecule has 1 amide bonds. The van der Waals surface area contributed by atoms with E-state index in [1.807, 2.05) is 27.2 Å². The van der Waals surface area contributed by atoms with Gasteiger partial charge in [0.2, 0.25) is 5.91 Å². The van der Waals surface area contributed by atoms with E-state index in [0.29, 0.717) is 17.4 Å². The molecule has 0 saturated carbocycles. The Morgan fingerprint density at radius 2 is 0.634 bits per heavy atom. The van der Waals surface area contributed by atoms with E-state index < -0.39 is 20.0 Å². The summed E-state index contributed by atoms with van der Waals surface area (Å²) in [5.74, 6) is -0.199. The molecule has 9 heteroatoms. The normalized spacial score (nSPS) is 13.8. The molecule has 0 aromatic heterocycles. The topological polar surface area (TPSA) is 108 Å². The Bertz CT molecular complexity index is 1710. The van der Waals surface area contributed by atoms with Gasteiger partial charge in [0.25, 0.3) is 7.82 Å². The van der Waals surface area contributed by atoms with Crippen LogP contribution in [0, 0.1) is 0 Å². The Morgan fingerprint density at radius 3 is 0.946 bits per heavy atom. The van der Waals surface area contributed by atoms with Gasteiger partial charge < -0.3 is 28.8 Å². The molecular weight excluding hydrogens is 1160 g/mol. The van der Waals surface area contributed by atoms with Gasteiger partial charge in [-0.2, -0.15) is 0 Å². The molecule has 0 aromatic rings. The number of quaternary nitrogens is 1. The van der Waals surface area contributed by atoms with Crippen molar-refractivity contribution in [3.63, 3.8) is 0 Å². The summed E-state index contributed by atoms with van der Waals surface area (Å²) in [6.45, 7) is 4.68. The fourth-order valence-electron chi connectivity index (χ4n) is 12.6. The summed E-state index contributed by atoms with van der Waals surface area (Å²) in [4.78, 5) is 25.7. The maximum Gasteiger partial charge on any atom is 0.268 e. The number of hydrogen-bond donors (Lipinski definition) is 2. The van der Waals surface area contributed by atoms with Crippen LogP contribution in [0.4, 0.5) is 0 Å². The first-order valence-corrected chi connectivity index (χ1v) is 42.6. The molecule has 0 rings (SSSR count). The van der Waals surface area contributed by atoms with Gasteiger partial charge in [-0.3, -0.25) is 9.36 Å². The zero-order valence-corrected chi connectivity index (χ0v) is 63.9. The van der Waals surface area contributed by atoms with Crippen LogP contribution >= 0.6 is 7.82 Å². The largest absolute Gasteiger partial charge is 0.756 e. The second-order valence-corrected chi connectivity index (χ2v) is 30.9. The number of nitrogens with one attached hydrogen (secondary N) is 1. The molecule has 3 unspecified atom stereocenters. The summed E-state index contributed by atoms with van der Waals surface area (Å²) in [7, 11) is 1.26. The van der Waals surface area contributed by atoms with Crippen LogP contribution in [0.5, 0.6) is 0 Å². The van der Waals surface area contributed by atoms with Gasteiger partial charge in [-0.25, -0.2) is 0 Å². The number of nitrogens with zero attached hydrogens (tertiary/aromatic N) is 1. The zero-order chi connectivity index (χ0) is 67.6. The van der Waals surface area contributed by atoms with E-state index >= 15 is 0 Å². The lowest BCUT2D eigenvalue weighted by Gasteiger charge is -2.29. The number of amides is 1. The lowest BCUT2D eigenvalue weighted by atomic mass is 10.0. The van der Waals surface area contributed by atoms with Crippen LogP contribution in [0.25, 0.3) is 0 Å². The van der Waals surface area contributed by atoms with E-state index in [0.717, 1.165) is 51.4 Å². The molecule has 0 aliphatic heterocycles. The van der Waals surface area contributed by atoms with Gasteiger partial charge in [0.05, 0.1) is 39.9 Å². The van der Waals surface area contributed by atoms with Gasteiger partial charge >= 0.3 is 0 Å². The molecule has 3 atom stereocenters. The molecule has 0 aromatic carbocycles. The standard InChI is InChI=1S/C84H161N2O6P/c1-6-8-10-12-14-16-18-20-22-24-26-28-30-32-34-36-38-40-41-42-43-44-45-46-48-50-52-54-56-58-60-62-64-66-68-70-72-74-76-78-84(88)85-82(81-92-93(89,90)91-80-79-86(3,4)5)83(87)77-75-73-71-69-67-65-63-61-59-57-55-53-51-49-47-39-37-35-33-31-29-27-25-23-21-19-17-15-13-11-9-7-2/h18,20,24,26,30,32,67,69,75,77,82-83,87H,6-17,19,21-23,25,27-29,31,33-66,68,70-74,76,78-81H2,1-5H3,(H-,85,88,89,90)/b20-18-,26-24-,32-30-,69-67+,77-75+. The van der Waals surface area contributed by atoms with E-state index in [-0.39, 0.29) is 19.1 Å². The highest BCUT2D eigenvalue weighted by atomic mass is 31.2. The smallest absolute Gasteiger partial charge is 0.268 e. The maximum absolute atomic E-state index is 13.1. The molecule has 0 fully saturated rings. The van der Waals surface area contributed by atoms with Crippen molar-refractivity contribution in [3.8, 4) is 0 Å². The van der Waals surface area contributed by atoms with Crippen molar-refractivity contribution >= 4 is 13.7 Å². The number of likely N-dealkylation sites (N-methyl/N-ethyl adjacent to an activating group) is 1. The fourth-order valence-corrected chi connectivity index (χ4v) is 13.3. The van der Waals surface area contributed by atoms with Crippen molar-refractivity contribution in [2.75, 3.05) is 40.9 Å². The Kier molecular flexibility index (Phi) is 73.0. The van der Waals surface area contributed by atoms with Gasteiger partial charge in [-0.05, 0) is 70.6 Å². The third kappa shape index (κ3) is 77.4. The molecule has 0 radical (unpaired) electrons. The minimum absolute atomic E-state index is 0.00526. The number of aliphatic hydroxyl groups is 1. The lowest BCUT2D eigenvalue weighted by molar-refractivity contribution is -0.870. The van der Waals surface area contributed by atoms with Crippen LogP contribution < -0.4 is 10.2 Å². The minimum atomic E-state index is -4.62. The molecule has 0 bridgehead atoms. The first-order valence-electron chi connectivity index (χ1n) is 41.2. The molecule has 2 N–H and O–H groups in total. The third-order valence-electron chi connectivity index (χ3n) is 18.9. The minimum Gasteiger partial charge on any atom is -0.756 e. The predicted molar refractivity (Wildman–Crippen MR) is 408 cm³/mol. The zero-order valence-electron chi connectivity index (χ0n) is 63.0. The third-order valence-corrected chi connectivity index (χ3v) is 19.9. The second kappa shape index (κ2) is 74.4. The molecule has 0 spiro atoms. The average molecular weight is 1330 g/mol. The molecule has 8 nitrogen and oxygen atoms in total. The van der Waals surface area contributed by atoms with Crippen LogP contribution in [0.1, 0.15) is 418 Å². The fraction of sp³-hybridized carbons (Fsp3) is 0.869. The first kappa shape index (κ1) is 91.2. The van der Waals surface area contributed by atoms with E-state index in [1.54, 1.807) is 6.08 Å². The second-order valence-electron chi connectivity index (χ2n) is 29.5. The predicted octanol–water partition coefficient (Wildman–Crippen LogP) is 26.4. The van der Waals surface area contributed by atoms with Crippen LogP contribution in [0.3, 0.4) is 0 Å². The number of aliphatic hydroxyl groups excluding tert-OH is 1. The van der Waals surface area contributed by atoms with Crippen LogP contribution in [-0.4, -0.2) is 68.5 Å². The monoisotopic (exact) mass is 1330 g/mol. The molecule has 0 heterocycles. The van der Waals surface area contributed by atoms with E-state index in [2.05, 4.69) is 67.8 Å². The summed E-state index contributed by atoms with van der Waals surface area (Å²) in [5, 5.41) is 14.0. The number of carbonyl (C=O) groups excluding carboxylic acids is 1. The Balaban J connectivity index is 3.96. The molecule has 0 saturated heterocycles. The van der Waals surface area contributed by atoms with Crippen molar-refractivity contribution < 1.29 is 32.9 Å². The summed E-state index contributed by atoms with van der Waals surface area (Å²) < 4.78 is 23.5. The summed E-state index contributed by atoms with van der Waals surface area (Å²) in [6.07, 6.45) is 104. The first-order chi connectivity index (χ1) is 45.5. The molecule has 0 aliphatic rings. The van der Waals surface area contributed by atoms with Crippen molar-refractivity contribution in [2.24, 2.45) is 0 Å². The number of phosphoric acid groups is 1. The van der Waals surface area contributed by atoms with Gasteiger partial charge in [0.15, 0.2) is 0 Å². The lowest BCUT2D eigenvalue weighted by Crippen LogP contribution is -2.45. The van der Waals surface area contributed by atoms with E-state index in [4.69, 9.17) is 9.05 Å². The van der Waals surface area contributed by atoms with Crippen molar-refractivity contribution in [1.82, 2.24) is 5.32 Å². The van der Waals surface area contributed by atoms with E-state index in [1.165, 1.54) is 347 Å². The van der Waals surface area contributed by atoms with Gasteiger partial charge in [0, 0.05) is 6.42 Å². The summed E-state index contributed by atoms with van der Waals surface area (Å²) in [5.41, 5.74) is 0. The van der Waals surface area contributed by atoms with Crippen molar-refractivity contribution in [3.05, 3.63) is 60.8 Å². The molecular formula is C84H161N2O6P.